The van der Waals surface area contributed by atoms with E-state index in [1.807, 2.05) is 0 Å². The molecule has 0 spiro atoms. The number of carbonyl (C=O) groups is 1. The van der Waals surface area contributed by atoms with E-state index in [0.717, 1.165) is 0 Å². The van der Waals surface area contributed by atoms with Gasteiger partial charge in [0.25, 0.3) is 0 Å². The predicted octanol–water partition coefficient (Wildman–Crippen LogP) is -0.722. The molecule has 82 valence electrons. The SMILES string of the molecule is COCC(=O)N1CCC(S(C)(=O)=O)C1. The van der Waals surface area contributed by atoms with E-state index >= 15 is 0 Å². The van der Waals surface area contributed by atoms with E-state index in [1.54, 1.807) is 0 Å². The Kier molecular flexibility index (Phi) is 3.49. The lowest BCUT2D eigenvalue weighted by molar-refractivity contribution is -0.133. The van der Waals surface area contributed by atoms with E-state index in [0.29, 0.717) is 19.5 Å². The Labute approximate surface area is 83.9 Å². The molecule has 1 amide bonds. The van der Waals surface area contributed by atoms with Crippen LogP contribution in [0, 0.1) is 0 Å². The molecule has 1 aliphatic heterocycles. The van der Waals surface area contributed by atoms with Gasteiger partial charge in [0.1, 0.15) is 6.61 Å². The highest BCUT2D eigenvalue weighted by molar-refractivity contribution is 7.91. The average Bonchev–Trinajstić information content (AvgIpc) is 2.51. The maximum absolute atomic E-state index is 11.3. The summed E-state index contributed by atoms with van der Waals surface area (Å²) >= 11 is 0. The Hall–Kier alpha value is -0.620. The van der Waals surface area contributed by atoms with Crippen LogP contribution in [0.2, 0.25) is 0 Å². The summed E-state index contributed by atoms with van der Waals surface area (Å²) in [5.41, 5.74) is 0. The molecule has 0 saturated carbocycles. The maximum atomic E-state index is 11.3. The van der Waals surface area contributed by atoms with Crippen molar-refractivity contribution in [1.29, 1.82) is 0 Å². The predicted molar refractivity (Wildman–Crippen MR) is 51.7 cm³/mol. The molecule has 1 aliphatic rings. The first-order valence-corrected chi connectivity index (χ1v) is 6.36. The van der Waals surface area contributed by atoms with Gasteiger partial charge in [0, 0.05) is 26.5 Å². The summed E-state index contributed by atoms with van der Waals surface area (Å²) < 4.78 is 27.1. The lowest BCUT2D eigenvalue weighted by Crippen LogP contribution is -2.33. The highest BCUT2D eigenvalue weighted by Crippen LogP contribution is 2.15. The molecule has 1 fully saturated rings. The lowest BCUT2D eigenvalue weighted by Gasteiger charge is -2.15. The third-order valence-corrected chi connectivity index (χ3v) is 3.97. The van der Waals surface area contributed by atoms with E-state index in [1.165, 1.54) is 18.3 Å². The van der Waals surface area contributed by atoms with Crippen molar-refractivity contribution in [3.05, 3.63) is 0 Å². The number of hydrogen-bond acceptors (Lipinski definition) is 4. The van der Waals surface area contributed by atoms with Crippen molar-refractivity contribution >= 4 is 15.7 Å². The lowest BCUT2D eigenvalue weighted by atomic mass is 10.4. The normalized spacial score (nSPS) is 22.7. The van der Waals surface area contributed by atoms with Gasteiger partial charge in [-0.2, -0.15) is 0 Å². The van der Waals surface area contributed by atoms with Crippen LogP contribution in [0.3, 0.4) is 0 Å². The molecule has 5 nitrogen and oxygen atoms in total. The molecule has 6 heteroatoms. The zero-order valence-electron chi connectivity index (χ0n) is 8.39. The van der Waals surface area contributed by atoms with E-state index in [2.05, 4.69) is 0 Å². The zero-order chi connectivity index (χ0) is 10.8. The molecule has 1 heterocycles. The number of hydrogen-bond donors (Lipinski definition) is 0. The summed E-state index contributed by atoms with van der Waals surface area (Å²) in [6.07, 6.45) is 1.75. The molecular weight excluding hydrogens is 206 g/mol. The van der Waals surface area contributed by atoms with E-state index in [4.69, 9.17) is 4.74 Å². The zero-order valence-corrected chi connectivity index (χ0v) is 9.21. The van der Waals surface area contributed by atoms with Gasteiger partial charge in [0.15, 0.2) is 9.84 Å². The number of likely N-dealkylation sites (tertiary alicyclic amines) is 1. The second-order valence-electron chi connectivity index (χ2n) is 3.51. The second-order valence-corrected chi connectivity index (χ2v) is 5.84. The number of methoxy groups -OCH3 is 1. The smallest absolute Gasteiger partial charge is 0.248 e. The Morgan fingerprint density at radius 3 is 2.64 bits per heavy atom. The van der Waals surface area contributed by atoms with E-state index < -0.39 is 15.1 Å². The van der Waals surface area contributed by atoms with Crippen LogP contribution in [0.4, 0.5) is 0 Å². The summed E-state index contributed by atoms with van der Waals surface area (Å²) in [5, 5.41) is -0.400. The Morgan fingerprint density at radius 1 is 1.57 bits per heavy atom. The summed E-state index contributed by atoms with van der Waals surface area (Å²) in [6, 6.07) is 0. The van der Waals surface area contributed by atoms with Crippen LogP contribution in [0.25, 0.3) is 0 Å². The Balaban J connectivity index is 2.54. The fourth-order valence-electron chi connectivity index (χ4n) is 1.52. The van der Waals surface area contributed by atoms with E-state index in [-0.39, 0.29) is 12.5 Å². The summed E-state index contributed by atoms with van der Waals surface area (Å²) in [5.74, 6) is -0.140. The summed E-state index contributed by atoms with van der Waals surface area (Å²) in [4.78, 5) is 12.9. The molecule has 0 N–H and O–H groups in total. The highest BCUT2D eigenvalue weighted by Gasteiger charge is 2.32. The van der Waals surface area contributed by atoms with Crippen molar-refractivity contribution in [2.75, 3.05) is 33.1 Å². The van der Waals surface area contributed by atoms with Gasteiger partial charge in [-0.05, 0) is 6.42 Å². The van der Waals surface area contributed by atoms with Crippen LogP contribution in [0.15, 0.2) is 0 Å². The van der Waals surface area contributed by atoms with Crippen molar-refractivity contribution in [2.24, 2.45) is 0 Å². The average molecular weight is 221 g/mol. The monoisotopic (exact) mass is 221 g/mol. The number of rotatable bonds is 3. The van der Waals surface area contributed by atoms with Gasteiger partial charge in [0.05, 0.1) is 5.25 Å². The van der Waals surface area contributed by atoms with Crippen molar-refractivity contribution < 1.29 is 17.9 Å². The van der Waals surface area contributed by atoms with Gasteiger partial charge < -0.3 is 9.64 Å². The molecule has 1 atom stereocenters. The highest BCUT2D eigenvalue weighted by atomic mass is 32.2. The van der Waals surface area contributed by atoms with Crippen molar-refractivity contribution in [1.82, 2.24) is 4.90 Å². The van der Waals surface area contributed by atoms with Crippen molar-refractivity contribution in [2.45, 2.75) is 11.7 Å². The largest absolute Gasteiger partial charge is 0.375 e. The number of nitrogens with zero attached hydrogens (tertiary/aromatic N) is 1. The quantitative estimate of drug-likeness (QED) is 0.631. The number of carbonyl (C=O) groups excluding carboxylic acids is 1. The van der Waals surface area contributed by atoms with Crippen LogP contribution >= 0.6 is 0 Å². The number of amides is 1. The van der Waals surface area contributed by atoms with Gasteiger partial charge in [0.2, 0.25) is 5.91 Å². The van der Waals surface area contributed by atoms with Gasteiger partial charge in [-0.1, -0.05) is 0 Å². The van der Waals surface area contributed by atoms with Gasteiger partial charge >= 0.3 is 0 Å². The first kappa shape index (κ1) is 11.5. The van der Waals surface area contributed by atoms with Crippen molar-refractivity contribution in [3.63, 3.8) is 0 Å². The topological polar surface area (TPSA) is 63.7 Å². The molecule has 0 aliphatic carbocycles. The minimum absolute atomic E-state index is 0.0243. The molecule has 0 bridgehead atoms. The van der Waals surface area contributed by atoms with Crippen molar-refractivity contribution in [3.8, 4) is 0 Å². The molecule has 0 aromatic rings. The minimum Gasteiger partial charge on any atom is -0.375 e. The van der Waals surface area contributed by atoms with Crippen LogP contribution < -0.4 is 0 Å². The third-order valence-electron chi connectivity index (χ3n) is 2.37. The first-order valence-electron chi connectivity index (χ1n) is 4.40. The molecule has 1 saturated heterocycles. The minimum atomic E-state index is -3.02. The molecule has 0 aromatic heterocycles. The van der Waals surface area contributed by atoms with Crippen LogP contribution in [0.5, 0.6) is 0 Å². The van der Waals surface area contributed by atoms with Crippen LogP contribution in [-0.2, 0) is 19.4 Å². The fourth-order valence-corrected chi connectivity index (χ4v) is 2.50. The Bertz CT molecular complexity index is 311. The van der Waals surface area contributed by atoms with Crippen LogP contribution in [-0.4, -0.2) is 57.5 Å². The molecule has 1 unspecified atom stereocenters. The summed E-state index contributed by atoms with van der Waals surface area (Å²) in [7, 11) is -1.57. The molecule has 0 aromatic carbocycles. The fraction of sp³-hybridized carbons (Fsp3) is 0.875. The van der Waals surface area contributed by atoms with Gasteiger partial charge in [-0.3, -0.25) is 4.79 Å². The molecule has 1 rings (SSSR count). The van der Waals surface area contributed by atoms with Gasteiger partial charge in [-0.15, -0.1) is 0 Å². The summed E-state index contributed by atoms with van der Waals surface area (Å²) in [6.45, 7) is 0.845. The maximum Gasteiger partial charge on any atom is 0.248 e. The molecule has 14 heavy (non-hydrogen) atoms. The van der Waals surface area contributed by atoms with E-state index in [9.17, 15) is 13.2 Å². The van der Waals surface area contributed by atoms with Crippen LogP contribution in [0.1, 0.15) is 6.42 Å². The molecule has 0 radical (unpaired) electrons. The third kappa shape index (κ3) is 2.68. The van der Waals surface area contributed by atoms with Gasteiger partial charge in [-0.25, -0.2) is 8.42 Å². The molecular formula is C8H15NO4S. The number of sulfone groups is 1. The first-order chi connectivity index (χ1) is 6.45. The number of ether oxygens (including phenoxy) is 1. The standard InChI is InChI=1S/C8H15NO4S/c1-13-6-8(10)9-4-3-7(5-9)14(2,11)12/h7H,3-6H2,1-2H3. The Morgan fingerprint density at radius 2 is 2.21 bits per heavy atom. The second kappa shape index (κ2) is 4.27.